The molecule has 41 heavy (non-hydrogen) atoms. The lowest BCUT2D eigenvalue weighted by Gasteiger charge is -2.10. The smallest absolute Gasteiger partial charge is 0.282 e. The zero-order chi connectivity index (χ0) is 28.3. The minimum Gasteiger partial charge on any atom is -0.483 e. The van der Waals surface area contributed by atoms with Gasteiger partial charge in [-0.15, -0.1) is 0 Å². The van der Waals surface area contributed by atoms with Gasteiger partial charge in [0.2, 0.25) is 5.82 Å². The molecular formula is C31H20ClIN4O4. The summed E-state index contributed by atoms with van der Waals surface area (Å²) in [6.45, 7) is -0.162. The van der Waals surface area contributed by atoms with Crippen molar-refractivity contribution >= 4 is 73.9 Å². The third-order valence-electron chi connectivity index (χ3n) is 6.16. The molecule has 0 aliphatic rings. The zero-order valence-corrected chi connectivity index (χ0v) is 24.2. The molecule has 2 aromatic heterocycles. The van der Waals surface area contributed by atoms with Crippen molar-refractivity contribution in [2.75, 3.05) is 11.9 Å². The van der Waals surface area contributed by atoms with Crippen molar-refractivity contribution in [1.82, 2.24) is 9.66 Å². The summed E-state index contributed by atoms with van der Waals surface area (Å²) in [5, 5.41) is 9.20. The van der Waals surface area contributed by atoms with E-state index in [2.05, 4.69) is 33.0 Å². The molecule has 0 aliphatic heterocycles. The highest BCUT2D eigenvalue weighted by Gasteiger charge is 2.16. The van der Waals surface area contributed by atoms with Crippen LogP contribution in [-0.2, 0) is 4.79 Å². The topological polar surface area (TPSA) is 98.7 Å². The fourth-order valence-electron chi connectivity index (χ4n) is 4.19. The Morgan fingerprint density at radius 3 is 2.61 bits per heavy atom. The van der Waals surface area contributed by atoms with Gasteiger partial charge >= 0.3 is 0 Å². The van der Waals surface area contributed by atoms with Crippen LogP contribution in [0, 0.1) is 3.57 Å². The third-order valence-corrected chi connectivity index (χ3v) is 7.26. The van der Waals surface area contributed by atoms with Gasteiger partial charge in [0.05, 0.1) is 20.7 Å². The SMILES string of the molecule is O=C(COc1ccc(C=Nn2c(-c3cc4ccccc4o3)nc3ccccc3c2=O)cc1I)Nc1ccc(Cl)cc1. The number of carbonyl (C=O) groups excluding carboxylic acids is 1. The Morgan fingerprint density at radius 2 is 1.80 bits per heavy atom. The average molecular weight is 675 g/mol. The number of hydrogen-bond donors (Lipinski definition) is 1. The van der Waals surface area contributed by atoms with E-state index in [1.807, 2.05) is 42.5 Å². The van der Waals surface area contributed by atoms with Crippen molar-refractivity contribution in [3.63, 3.8) is 0 Å². The van der Waals surface area contributed by atoms with Crippen LogP contribution in [0.4, 0.5) is 5.69 Å². The number of hydrogen-bond acceptors (Lipinski definition) is 6. The summed E-state index contributed by atoms with van der Waals surface area (Å²) in [4.78, 5) is 30.5. The number of nitrogens with zero attached hydrogens (tertiary/aromatic N) is 3. The van der Waals surface area contributed by atoms with Crippen LogP contribution in [0.2, 0.25) is 5.02 Å². The average Bonchev–Trinajstić information content (AvgIpc) is 3.42. The van der Waals surface area contributed by atoms with Gasteiger partial charge in [-0.1, -0.05) is 41.9 Å². The van der Waals surface area contributed by atoms with Crippen LogP contribution in [0.25, 0.3) is 33.5 Å². The first kappa shape index (κ1) is 26.7. The summed E-state index contributed by atoms with van der Waals surface area (Å²) in [6.07, 6.45) is 1.57. The normalized spacial score (nSPS) is 11.4. The second-order valence-corrected chi connectivity index (χ2v) is 10.6. The highest BCUT2D eigenvalue weighted by Crippen LogP contribution is 2.27. The summed E-state index contributed by atoms with van der Waals surface area (Å²) < 4.78 is 13.8. The van der Waals surface area contributed by atoms with Gasteiger partial charge in [-0.05, 0) is 94.9 Å². The van der Waals surface area contributed by atoms with E-state index < -0.39 is 0 Å². The quantitative estimate of drug-likeness (QED) is 0.146. The summed E-state index contributed by atoms with van der Waals surface area (Å²) in [6, 6.07) is 28.8. The Balaban J connectivity index is 1.25. The number of rotatable bonds is 7. The first-order chi connectivity index (χ1) is 19.9. The highest BCUT2D eigenvalue weighted by atomic mass is 127. The van der Waals surface area contributed by atoms with Crippen LogP contribution < -0.4 is 15.6 Å². The Bertz CT molecular complexity index is 1970. The van der Waals surface area contributed by atoms with Gasteiger partial charge in [0.25, 0.3) is 11.5 Å². The summed E-state index contributed by atoms with van der Waals surface area (Å²) in [5.41, 5.74) is 2.28. The number of aromatic nitrogens is 2. The number of para-hydroxylation sites is 2. The van der Waals surface area contributed by atoms with Crippen LogP contribution in [-0.4, -0.2) is 28.4 Å². The zero-order valence-electron chi connectivity index (χ0n) is 21.3. The predicted molar refractivity (Wildman–Crippen MR) is 169 cm³/mol. The number of nitrogens with one attached hydrogen (secondary N) is 1. The standard InChI is InChI=1S/C31H20ClIN4O4/c32-21-10-12-22(13-11-21)35-29(38)18-40-27-14-9-19(15-24(27)33)17-34-37-30(28-16-20-5-1-4-8-26(20)41-28)36-25-7-3-2-6-23(25)31(37)39/h1-17H,18H2,(H,35,38). The second kappa shape index (κ2) is 11.6. The molecule has 4 aromatic carbocycles. The van der Waals surface area contributed by atoms with Crippen molar-refractivity contribution in [2.45, 2.75) is 0 Å². The van der Waals surface area contributed by atoms with Gasteiger partial charge in [-0.3, -0.25) is 9.59 Å². The number of furan rings is 1. The van der Waals surface area contributed by atoms with E-state index in [0.29, 0.717) is 44.5 Å². The molecule has 10 heteroatoms. The van der Waals surface area contributed by atoms with Crippen molar-refractivity contribution in [1.29, 1.82) is 0 Å². The fourth-order valence-corrected chi connectivity index (χ4v) is 5.02. The monoisotopic (exact) mass is 674 g/mol. The maximum absolute atomic E-state index is 13.5. The van der Waals surface area contributed by atoms with Crippen molar-refractivity contribution in [3.05, 3.63) is 122 Å². The van der Waals surface area contributed by atoms with E-state index in [1.54, 1.807) is 60.8 Å². The molecule has 0 spiro atoms. The lowest BCUT2D eigenvalue weighted by molar-refractivity contribution is -0.118. The molecule has 0 atom stereocenters. The minimum absolute atomic E-state index is 0.162. The number of carbonyl (C=O) groups is 1. The van der Waals surface area contributed by atoms with E-state index in [0.717, 1.165) is 14.5 Å². The van der Waals surface area contributed by atoms with Crippen LogP contribution in [0.3, 0.4) is 0 Å². The summed E-state index contributed by atoms with van der Waals surface area (Å²) in [5.74, 6) is 0.973. The van der Waals surface area contributed by atoms with Crippen molar-refractivity contribution in [2.24, 2.45) is 5.10 Å². The molecule has 0 saturated carbocycles. The molecule has 6 aromatic rings. The first-order valence-corrected chi connectivity index (χ1v) is 13.9. The van der Waals surface area contributed by atoms with Gasteiger partial charge < -0.3 is 14.5 Å². The molecule has 0 bridgehead atoms. The van der Waals surface area contributed by atoms with E-state index in [9.17, 15) is 9.59 Å². The van der Waals surface area contributed by atoms with Gasteiger partial charge in [0.1, 0.15) is 11.3 Å². The van der Waals surface area contributed by atoms with Crippen molar-refractivity contribution < 1.29 is 13.9 Å². The number of halogens is 2. The molecule has 0 unspecified atom stereocenters. The number of amides is 1. The van der Waals surface area contributed by atoms with E-state index in [4.69, 9.17) is 25.7 Å². The van der Waals surface area contributed by atoms with Crippen LogP contribution in [0.1, 0.15) is 5.56 Å². The Kier molecular flexibility index (Phi) is 7.53. The fraction of sp³-hybridized carbons (Fsp3) is 0.0323. The van der Waals surface area contributed by atoms with Crippen LogP contribution in [0.5, 0.6) is 5.75 Å². The molecule has 2 heterocycles. The second-order valence-electron chi connectivity index (χ2n) is 9.00. The maximum atomic E-state index is 13.5. The number of ether oxygens (including phenoxy) is 1. The molecule has 0 saturated heterocycles. The first-order valence-electron chi connectivity index (χ1n) is 12.5. The molecule has 0 fully saturated rings. The number of anilines is 1. The van der Waals surface area contributed by atoms with Gasteiger partial charge in [0.15, 0.2) is 12.4 Å². The predicted octanol–water partition coefficient (Wildman–Crippen LogP) is 6.97. The van der Waals surface area contributed by atoms with E-state index >= 15 is 0 Å². The van der Waals surface area contributed by atoms with Crippen molar-refractivity contribution in [3.8, 4) is 17.3 Å². The van der Waals surface area contributed by atoms with Gasteiger partial charge in [-0.25, -0.2) is 4.98 Å². The molecule has 8 nitrogen and oxygen atoms in total. The lowest BCUT2D eigenvalue weighted by Crippen LogP contribution is -2.20. The molecule has 6 rings (SSSR count). The highest BCUT2D eigenvalue weighted by molar-refractivity contribution is 14.1. The molecule has 0 radical (unpaired) electrons. The lowest BCUT2D eigenvalue weighted by atomic mass is 10.2. The Labute approximate surface area is 252 Å². The van der Waals surface area contributed by atoms with E-state index in [1.165, 1.54) is 4.68 Å². The van der Waals surface area contributed by atoms with Crippen LogP contribution in [0.15, 0.2) is 111 Å². The summed E-state index contributed by atoms with van der Waals surface area (Å²) >= 11 is 8.01. The molecule has 202 valence electrons. The molecule has 1 amide bonds. The largest absolute Gasteiger partial charge is 0.483 e. The van der Waals surface area contributed by atoms with E-state index in [-0.39, 0.29) is 18.1 Å². The third kappa shape index (κ3) is 5.86. The number of fused-ring (bicyclic) bond motifs is 2. The van der Waals surface area contributed by atoms with Gasteiger partial charge in [-0.2, -0.15) is 9.78 Å². The Hall–Kier alpha value is -4.48. The van der Waals surface area contributed by atoms with Gasteiger partial charge in [0, 0.05) is 16.1 Å². The molecule has 1 N–H and O–H groups in total. The maximum Gasteiger partial charge on any atom is 0.282 e. The van der Waals surface area contributed by atoms with Crippen LogP contribution >= 0.6 is 34.2 Å². The number of benzene rings is 4. The Morgan fingerprint density at radius 1 is 1.02 bits per heavy atom. The summed E-state index contributed by atoms with van der Waals surface area (Å²) in [7, 11) is 0. The molecule has 0 aliphatic carbocycles. The minimum atomic E-state index is -0.316. The molecular weight excluding hydrogens is 655 g/mol.